The monoisotopic (exact) mass is 251 g/mol. The van der Waals surface area contributed by atoms with Gasteiger partial charge >= 0.3 is 5.97 Å². The van der Waals surface area contributed by atoms with Crippen LogP contribution in [0.15, 0.2) is 24.3 Å². The molecular weight excluding hydrogens is 234 g/mol. The molecule has 5 nitrogen and oxygen atoms in total. The maximum atomic E-state index is 12.0. The Hall–Kier alpha value is -2.04. The first-order valence-corrected chi connectivity index (χ1v) is 5.46. The van der Waals surface area contributed by atoms with Crippen molar-refractivity contribution in [2.45, 2.75) is 13.8 Å². The van der Waals surface area contributed by atoms with E-state index in [2.05, 4.69) is 10.1 Å². The summed E-state index contributed by atoms with van der Waals surface area (Å²) in [5.41, 5.74) is -0.739. The Kier molecular flexibility index (Phi) is 4.31. The predicted octanol–water partition coefficient (Wildman–Crippen LogP) is 1.83. The van der Waals surface area contributed by atoms with E-state index in [9.17, 15) is 9.59 Å². The Labute approximate surface area is 106 Å². The van der Waals surface area contributed by atoms with Gasteiger partial charge in [0.2, 0.25) is 5.91 Å². The molecule has 98 valence electrons. The van der Waals surface area contributed by atoms with Gasteiger partial charge in [-0.3, -0.25) is 9.59 Å². The number of rotatable bonds is 4. The lowest BCUT2D eigenvalue weighted by Gasteiger charge is -2.21. The third kappa shape index (κ3) is 2.80. The number of hydrogen-bond donors (Lipinski definition) is 1. The van der Waals surface area contributed by atoms with Crippen molar-refractivity contribution in [1.82, 2.24) is 0 Å². The number of hydrogen-bond acceptors (Lipinski definition) is 4. The number of amides is 1. The smallest absolute Gasteiger partial charge is 0.320 e. The highest BCUT2D eigenvalue weighted by Crippen LogP contribution is 2.26. The van der Waals surface area contributed by atoms with Gasteiger partial charge in [0, 0.05) is 0 Å². The van der Waals surface area contributed by atoms with Crippen molar-refractivity contribution < 1.29 is 19.1 Å². The number of anilines is 1. The van der Waals surface area contributed by atoms with Crippen LogP contribution in [0.5, 0.6) is 5.75 Å². The molecule has 0 saturated heterocycles. The molecule has 0 radical (unpaired) electrons. The third-order valence-corrected chi connectivity index (χ3v) is 2.62. The second-order valence-corrected chi connectivity index (χ2v) is 4.27. The normalized spacial score (nSPS) is 10.7. The third-order valence-electron chi connectivity index (χ3n) is 2.62. The van der Waals surface area contributed by atoms with Crippen molar-refractivity contribution in [2.24, 2.45) is 5.41 Å². The molecule has 0 aliphatic heterocycles. The molecule has 0 saturated carbocycles. The molecule has 0 unspecified atom stereocenters. The minimum Gasteiger partial charge on any atom is -0.495 e. The van der Waals surface area contributed by atoms with E-state index < -0.39 is 17.3 Å². The zero-order valence-corrected chi connectivity index (χ0v) is 10.9. The van der Waals surface area contributed by atoms with Gasteiger partial charge in [-0.25, -0.2) is 0 Å². The molecule has 0 bridgehead atoms. The summed E-state index contributed by atoms with van der Waals surface area (Å²) >= 11 is 0. The molecule has 0 spiro atoms. The van der Waals surface area contributed by atoms with Crippen LogP contribution in [0.4, 0.5) is 5.69 Å². The molecule has 0 aromatic heterocycles. The second-order valence-electron chi connectivity index (χ2n) is 4.27. The quantitative estimate of drug-likeness (QED) is 0.655. The minimum atomic E-state index is -1.25. The lowest BCUT2D eigenvalue weighted by molar-refractivity contribution is -0.154. The average molecular weight is 251 g/mol. The van der Waals surface area contributed by atoms with E-state index in [1.54, 1.807) is 24.3 Å². The molecule has 1 amide bonds. The van der Waals surface area contributed by atoms with Crippen molar-refractivity contribution >= 4 is 17.6 Å². The molecule has 5 heteroatoms. The first-order chi connectivity index (χ1) is 8.43. The fourth-order valence-corrected chi connectivity index (χ4v) is 1.37. The van der Waals surface area contributed by atoms with Crippen LogP contribution in [0.25, 0.3) is 0 Å². The van der Waals surface area contributed by atoms with Crippen molar-refractivity contribution in [3.63, 3.8) is 0 Å². The molecule has 0 fully saturated rings. The fourth-order valence-electron chi connectivity index (χ4n) is 1.37. The van der Waals surface area contributed by atoms with Gasteiger partial charge in [0.1, 0.15) is 11.2 Å². The Morgan fingerprint density at radius 3 is 2.33 bits per heavy atom. The highest BCUT2D eigenvalue weighted by atomic mass is 16.5. The summed E-state index contributed by atoms with van der Waals surface area (Å²) in [6.45, 7) is 3.01. The zero-order chi connectivity index (χ0) is 13.8. The Morgan fingerprint density at radius 2 is 1.78 bits per heavy atom. The van der Waals surface area contributed by atoms with Crippen LogP contribution >= 0.6 is 0 Å². The Balaban J connectivity index is 2.91. The van der Waals surface area contributed by atoms with Crippen LogP contribution < -0.4 is 10.1 Å². The number of carbonyl (C=O) groups excluding carboxylic acids is 2. The van der Waals surface area contributed by atoms with E-state index in [1.165, 1.54) is 28.1 Å². The van der Waals surface area contributed by atoms with E-state index in [4.69, 9.17) is 4.74 Å². The number of esters is 1. The van der Waals surface area contributed by atoms with Gasteiger partial charge in [-0.1, -0.05) is 12.1 Å². The lowest BCUT2D eigenvalue weighted by Crippen LogP contribution is -2.38. The van der Waals surface area contributed by atoms with E-state index in [0.29, 0.717) is 11.4 Å². The van der Waals surface area contributed by atoms with E-state index in [-0.39, 0.29) is 0 Å². The highest BCUT2D eigenvalue weighted by molar-refractivity contribution is 6.08. The summed E-state index contributed by atoms with van der Waals surface area (Å²) in [5, 5.41) is 2.65. The van der Waals surface area contributed by atoms with Gasteiger partial charge in [-0.15, -0.1) is 0 Å². The second kappa shape index (κ2) is 5.53. The van der Waals surface area contributed by atoms with Crippen LogP contribution in [-0.4, -0.2) is 26.1 Å². The van der Waals surface area contributed by atoms with Crippen LogP contribution in [0.2, 0.25) is 0 Å². The van der Waals surface area contributed by atoms with Crippen LogP contribution in [0.3, 0.4) is 0 Å². The number of nitrogens with one attached hydrogen (secondary N) is 1. The van der Waals surface area contributed by atoms with Crippen molar-refractivity contribution in [1.29, 1.82) is 0 Å². The van der Waals surface area contributed by atoms with Crippen LogP contribution in [0, 0.1) is 5.41 Å². The summed E-state index contributed by atoms with van der Waals surface area (Å²) in [4.78, 5) is 23.5. The average Bonchev–Trinajstić information content (AvgIpc) is 2.38. The number of carbonyl (C=O) groups is 2. The van der Waals surface area contributed by atoms with Gasteiger partial charge in [0.25, 0.3) is 0 Å². The van der Waals surface area contributed by atoms with Gasteiger partial charge in [-0.05, 0) is 26.0 Å². The lowest BCUT2D eigenvalue weighted by atomic mass is 9.92. The summed E-state index contributed by atoms with van der Waals surface area (Å²) < 4.78 is 9.71. The minimum absolute atomic E-state index is 0.446. The molecule has 1 rings (SSSR count). The first kappa shape index (κ1) is 14.0. The molecule has 1 N–H and O–H groups in total. The molecule has 0 aliphatic carbocycles. The molecule has 0 aliphatic rings. The van der Waals surface area contributed by atoms with Crippen LogP contribution in [-0.2, 0) is 14.3 Å². The molecule has 0 atom stereocenters. The summed E-state index contributed by atoms with van der Waals surface area (Å²) in [6, 6.07) is 6.98. The largest absolute Gasteiger partial charge is 0.495 e. The summed E-state index contributed by atoms with van der Waals surface area (Å²) in [6.07, 6.45) is 0. The number of ether oxygens (including phenoxy) is 2. The van der Waals surface area contributed by atoms with Gasteiger partial charge in [0.05, 0.1) is 19.9 Å². The maximum Gasteiger partial charge on any atom is 0.320 e. The summed E-state index contributed by atoms with van der Waals surface area (Å²) in [7, 11) is 2.76. The van der Waals surface area contributed by atoms with E-state index in [1.807, 2.05) is 0 Å². The first-order valence-electron chi connectivity index (χ1n) is 5.46. The van der Waals surface area contributed by atoms with Crippen LogP contribution in [0.1, 0.15) is 13.8 Å². The SMILES string of the molecule is COC(=O)C(C)(C)C(=O)Nc1ccccc1OC. The van der Waals surface area contributed by atoms with Crippen molar-refractivity contribution in [3.05, 3.63) is 24.3 Å². The van der Waals surface area contributed by atoms with Gasteiger partial charge in [-0.2, -0.15) is 0 Å². The van der Waals surface area contributed by atoms with Gasteiger partial charge < -0.3 is 14.8 Å². The zero-order valence-electron chi connectivity index (χ0n) is 10.9. The highest BCUT2D eigenvalue weighted by Gasteiger charge is 2.37. The molecule has 1 aromatic carbocycles. The van der Waals surface area contributed by atoms with E-state index in [0.717, 1.165) is 0 Å². The molecule has 0 heterocycles. The molecule has 18 heavy (non-hydrogen) atoms. The van der Waals surface area contributed by atoms with E-state index >= 15 is 0 Å². The molecular formula is C13H17NO4. The Bertz CT molecular complexity index is 454. The summed E-state index contributed by atoms with van der Waals surface area (Å²) in [5.74, 6) is -0.500. The Morgan fingerprint density at radius 1 is 1.17 bits per heavy atom. The number of benzene rings is 1. The predicted molar refractivity (Wildman–Crippen MR) is 67.4 cm³/mol. The number of para-hydroxylation sites is 2. The number of methoxy groups -OCH3 is 2. The topological polar surface area (TPSA) is 64.6 Å². The van der Waals surface area contributed by atoms with Crippen molar-refractivity contribution in [2.75, 3.05) is 19.5 Å². The van der Waals surface area contributed by atoms with Crippen molar-refractivity contribution in [3.8, 4) is 5.75 Å². The van der Waals surface area contributed by atoms with Gasteiger partial charge in [0.15, 0.2) is 0 Å². The fraction of sp³-hybridized carbons (Fsp3) is 0.385. The standard InChI is InChI=1S/C13H17NO4/c1-13(2,12(16)18-4)11(15)14-9-7-5-6-8-10(9)17-3/h5-8H,1-4H3,(H,14,15). The molecule has 1 aromatic rings. The maximum absolute atomic E-state index is 12.0.